The van der Waals surface area contributed by atoms with Gasteiger partial charge in [-0.05, 0) is 12.1 Å². The number of benzene rings is 2. The standard InChI is InChI=1S/C14H6F6O/c15-13(16,17)9-5-1-3-7-8-4-2-6-10(14(18,19)20)12(8)21-11(7)9/h1-6H. The van der Waals surface area contributed by atoms with E-state index in [4.69, 9.17) is 4.42 Å². The second kappa shape index (κ2) is 4.16. The molecule has 110 valence electrons. The molecule has 21 heavy (non-hydrogen) atoms. The van der Waals surface area contributed by atoms with Gasteiger partial charge in [-0.2, -0.15) is 26.3 Å². The summed E-state index contributed by atoms with van der Waals surface area (Å²) in [4.78, 5) is 0. The molecule has 0 amide bonds. The maximum atomic E-state index is 12.9. The second-order valence-corrected chi connectivity index (χ2v) is 4.46. The maximum Gasteiger partial charge on any atom is 0.420 e. The molecule has 0 bridgehead atoms. The van der Waals surface area contributed by atoms with E-state index in [-0.39, 0.29) is 10.8 Å². The largest absolute Gasteiger partial charge is 0.455 e. The Labute approximate surface area is 113 Å². The molecule has 0 aliphatic heterocycles. The molecule has 0 atom stereocenters. The molecule has 1 nitrogen and oxygen atoms in total. The van der Waals surface area contributed by atoms with E-state index in [1.165, 1.54) is 12.1 Å². The highest BCUT2D eigenvalue weighted by atomic mass is 19.4. The van der Waals surface area contributed by atoms with E-state index in [0.717, 1.165) is 24.3 Å². The lowest BCUT2D eigenvalue weighted by Crippen LogP contribution is -2.05. The van der Waals surface area contributed by atoms with Gasteiger partial charge in [0, 0.05) is 10.8 Å². The Balaban J connectivity index is 2.46. The summed E-state index contributed by atoms with van der Waals surface area (Å²) in [7, 11) is 0. The predicted octanol–water partition coefficient (Wildman–Crippen LogP) is 5.62. The van der Waals surface area contributed by atoms with E-state index in [2.05, 4.69) is 0 Å². The molecule has 0 radical (unpaired) electrons. The van der Waals surface area contributed by atoms with Crippen molar-refractivity contribution in [3.8, 4) is 0 Å². The van der Waals surface area contributed by atoms with Gasteiger partial charge in [0.2, 0.25) is 0 Å². The van der Waals surface area contributed by atoms with Crippen LogP contribution in [0, 0.1) is 0 Å². The Morgan fingerprint density at radius 2 is 1.00 bits per heavy atom. The maximum absolute atomic E-state index is 12.9. The molecule has 0 saturated carbocycles. The van der Waals surface area contributed by atoms with Crippen LogP contribution in [0.3, 0.4) is 0 Å². The van der Waals surface area contributed by atoms with Gasteiger partial charge in [-0.1, -0.05) is 24.3 Å². The van der Waals surface area contributed by atoms with Gasteiger partial charge >= 0.3 is 12.4 Å². The van der Waals surface area contributed by atoms with Gasteiger partial charge in [0.15, 0.2) is 0 Å². The fourth-order valence-electron chi connectivity index (χ4n) is 2.27. The van der Waals surface area contributed by atoms with Crippen LogP contribution in [0.5, 0.6) is 0 Å². The van der Waals surface area contributed by atoms with Crippen LogP contribution < -0.4 is 0 Å². The van der Waals surface area contributed by atoms with Crippen LogP contribution in [-0.2, 0) is 12.4 Å². The first kappa shape index (κ1) is 13.8. The van der Waals surface area contributed by atoms with Crippen LogP contribution in [0.25, 0.3) is 21.9 Å². The highest BCUT2D eigenvalue weighted by Crippen LogP contribution is 2.42. The summed E-state index contributed by atoms with van der Waals surface area (Å²) in [5.74, 6) is 0. The van der Waals surface area contributed by atoms with E-state index < -0.39 is 34.6 Å². The SMILES string of the molecule is FC(F)(F)c1cccc2c1oc1c(C(F)(F)F)cccc12. The lowest BCUT2D eigenvalue weighted by Gasteiger charge is -2.06. The molecule has 3 aromatic rings. The van der Waals surface area contributed by atoms with Crippen molar-refractivity contribution in [3.63, 3.8) is 0 Å². The number of halogens is 6. The summed E-state index contributed by atoms with van der Waals surface area (Å²) in [5.41, 5.74) is -3.36. The molecular formula is C14H6F6O. The number of alkyl halides is 6. The predicted molar refractivity (Wildman–Crippen MR) is 63.7 cm³/mol. The number of furan rings is 1. The third-order valence-electron chi connectivity index (χ3n) is 3.14. The first-order valence-corrected chi connectivity index (χ1v) is 5.78. The van der Waals surface area contributed by atoms with Crippen molar-refractivity contribution in [1.82, 2.24) is 0 Å². The average Bonchev–Trinajstić information content (AvgIpc) is 2.74. The minimum Gasteiger partial charge on any atom is -0.455 e. The highest BCUT2D eigenvalue weighted by Gasteiger charge is 2.37. The summed E-state index contributed by atoms with van der Waals surface area (Å²) in [6.45, 7) is 0. The summed E-state index contributed by atoms with van der Waals surface area (Å²) in [5, 5.41) is 0.0110. The Kier molecular flexibility index (Phi) is 2.73. The third kappa shape index (κ3) is 2.12. The van der Waals surface area contributed by atoms with Gasteiger partial charge in [0.25, 0.3) is 0 Å². The smallest absolute Gasteiger partial charge is 0.420 e. The molecule has 1 aromatic heterocycles. The number of hydrogen-bond donors (Lipinski definition) is 0. The summed E-state index contributed by atoms with van der Waals surface area (Å²) < 4.78 is 82.3. The topological polar surface area (TPSA) is 13.1 Å². The Hall–Kier alpha value is -2.18. The normalized spacial score (nSPS) is 13.2. The average molecular weight is 304 g/mol. The molecule has 2 aromatic carbocycles. The van der Waals surface area contributed by atoms with Crippen molar-refractivity contribution in [3.05, 3.63) is 47.5 Å². The van der Waals surface area contributed by atoms with Gasteiger partial charge in [0.05, 0.1) is 11.1 Å². The van der Waals surface area contributed by atoms with Crippen LogP contribution in [-0.4, -0.2) is 0 Å². The van der Waals surface area contributed by atoms with E-state index in [1.54, 1.807) is 0 Å². The zero-order chi connectivity index (χ0) is 15.4. The first-order valence-electron chi connectivity index (χ1n) is 5.78. The Bertz CT molecular complexity index is 757. The van der Waals surface area contributed by atoms with Gasteiger partial charge in [-0.3, -0.25) is 0 Å². The van der Waals surface area contributed by atoms with Crippen LogP contribution in [0.2, 0.25) is 0 Å². The van der Waals surface area contributed by atoms with Crippen molar-refractivity contribution in [2.24, 2.45) is 0 Å². The van der Waals surface area contributed by atoms with E-state index in [0.29, 0.717) is 0 Å². The zero-order valence-electron chi connectivity index (χ0n) is 10.1. The van der Waals surface area contributed by atoms with Gasteiger partial charge < -0.3 is 4.42 Å². The molecule has 0 saturated heterocycles. The molecule has 0 unspecified atom stereocenters. The molecule has 0 spiro atoms. The Morgan fingerprint density at radius 1 is 0.619 bits per heavy atom. The van der Waals surface area contributed by atoms with Crippen molar-refractivity contribution in [1.29, 1.82) is 0 Å². The lowest BCUT2D eigenvalue weighted by molar-refractivity contribution is -0.136. The summed E-state index contributed by atoms with van der Waals surface area (Å²) in [6.07, 6.45) is -9.41. The number of fused-ring (bicyclic) bond motifs is 3. The molecule has 0 fully saturated rings. The summed E-state index contributed by atoms with van der Waals surface area (Å²) in [6, 6.07) is 6.43. The van der Waals surface area contributed by atoms with E-state index in [9.17, 15) is 26.3 Å². The van der Waals surface area contributed by atoms with Crippen molar-refractivity contribution >= 4 is 21.9 Å². The number of hydrogen-bond acceptors (Lipinski definition) is 1. The van der Waals surface area contributed by atoms with E-state index in [1.807, 2.05) is 0 Å². The minimum absolute atomic E-state index is 0.00549. The monoisotopic (exact) mass is 304 g/mol. The molecule has 0 aliphatic rings. The first-order chi connectivity index (χ1) is 9.69. The van der Waals surface area contributed by atoms with Gasteiger partial charge in [-0.25, -0.2) is 0 Å². The van der Waals surface area contributed by atoms with Crippen LogP contribution >= 0.6 is 0 Å². The lowest BCUT2D eigenvalue weighted by atomic mass is 10.1. The number of rotatable bonds is 0. The molecule has 0 aliphatic carbocycles. The van der Waals surface area contributed by atoms with Crippen molar-refractivity contribution in [2.75, 3.05) is 0 Å². The quantitative estimate of drug-likeness (QED) is 0.491. The van der Waals surface area contributed by atoms with Crippen LogP contribution in [0.4, 0.5) is 26.3 Å². The van der Waals surface area contributed by atoms with Crippen LogP contribution in [0.15, 0.2) is 40.8 Å². The van der Waals surface area contributed by atoms with E-state index >= 15 is 0 Å². The second-order valence-electron chi connectivity index (χ2n) is 4.46. The molecule has 1 heterocycles. The van der Waals surface area contributed by atoms with Crippen LogP contribution in [0.1, 0.15) is 11.1 Å². The van der Waals surface area contributed by atoms with Gasteiger partial charge in [-0.15, -0.1) is 0 Å². The Morgan fingerprint density at radius 3 is 1.33 bits per heavy atom. The fraction of sp³-hybridized carbons (Fsp3) is 0.143. The van der Waals surface area contributed by atoms with Crippen molar-refractivity contribution < 1.29 is 30.8 Å². The molecule has 0 N–H and O–H groups in total. The molecular weight excluding hydrogens is 298 g/mol. The molecule has 3 rings (SSSR count). The summed E-state index contributed by atoms with van der Waals surface area (Å²) >= 11 is 0. The number of para-hydroxylation sites is 2. The van der Waals surface area contributed by atoms with Crippen molar-refractivity contribution in [2.45, 2.75) is 12.4 Å². The molecule has 7 heteroatoms. The fourth-order valence-corrected chi connectivity index (χ4v) is 2.27. The zero-order valence-corrected chi connectivity index (χ0v) is 10.1. The highest BCUT2D eigenvalue weighted by molar-refractivity contribution is 6.07. The minimum atomic E-state index is -4.70. The third-order valence-corrected chi connectivity index (χ3v) is 3.14. The van der Waals surface area contributed by atoms with Gasteiger partial charge in [0.1, 0.15) is 11.2 Å².